The molecule has 0 saturated carbocycles. The van der Waals surface area contributed by atoms with Gasteiger partial charge in [0.15, 0.2) is 5.15 Å². The SMILES string of the molecule is CC1CCCCN1C(=O)/C=C/c1c(Cl)nc2ccccn12. The second-order valence-corrected chi connectivity index (χ2v) is 5.78. The summed E-state index contributed by atoms with van der Waals surface area (Å²) in [6, 6.07) is 6.02. The van der Waals surface area contributed by atoms with Crippen LogP contribution in [0.25, 0.3) is 11.7 Å². The van der Waals surface area contributed by atoms with Gasteiger partial charge in [-0.1, -0.05) is 17.7 Å². The van der Waals surface area contributed by atoms with Crippen molar-refractivity contribution in [2.75, 3.05) is 6.54 Å². The smallest absolute Gasteiger partial charge is 0.246 e. The second-order valence-electron chi connectivity index (χ2n) is 5.43. The maximum absolute atomic E-state index is 12.3. The fraction of sp³-hybridized carbons (Fsp3) is 0.375. The number of likely N-dealkylation sites (tertiary alicyclic amines) is 1. The molecule has 0 bridgehead atoms. The van der Waals surface area contributed by atoms with E-state index in [9.17, 15) is 4.79 Å². The lowest BCUT2D eigenvalue weighted by Crippen LogP contribution is -2.41. The van der Waals surface area contributed by atoms with Crippen LogP contribution in [0.3, 0.4) is 0 Å². The number of amides is 1. The van der Waals surface area contributed by atoms with Crippen molar-refractivity contribution in [3.63, 3.8) is 0 Å². The van der Waals surface area contributed by atoms with Gasteiger partial charge in [-0.15, -0.1) is 0 Å². The van der Waals surface area contributed by atoms with Crippen molar-refractivity contribution in [2.24, 2.45) is 0 Å². The van der Waals surface area contributed by atoms with E-state index in [-0.39, 0.29) is 5.91 Å². The van der Waals surface area contributed by atoms with Crippen LogP contribution in [0.2, 0.25) is 5.15 Å². The summed E-state index contributed by atoms with van der Waals surface area (Å²) in [5, 5.41) is 0.414. The molecule has 21 heavy (non-hydrogen) atoms. The zero-order chi connectivity index (χ0) is 14.8. The Balaban J connectivity index is 1.84. The van der Waals surface area contributed by atoms with Crippen LogP contribution in [0.4, 0.5) is 0 Å². The lowest BCUT2D eigenvalue weighted by Gasteiger charge is -2.32. The summed E-state index contributed by atoms with van der Waals surface area (Å²) in [4.78, 5) is 18.5. The Labute approximate surface area is 129 Å². The zero-order valence-corrected chi connectivity index (χ0v) is 12.8. The number of hydrogen-bond acceptors (Lipinski definition) is 2. The van der Waals surface area contributed by atoms with E-state index in [1.54, 1.807) is 12.2 Å². The molecule has 1 amide bonds. The van der Waals surface area contributed by atoms with Gasteiger partial charge >= 0.3 is 0 Å². The predicted octanol–water partition coefficient (Wildman–Crippen LogP) is 3.40. The Hall–Kier alpha value is -1.81. The van der Waals surface area contributed by atoms with Crippen molar-refractivity contribution in [3.05, 3.63) is 41.3 Å². The molecule has 1 aliphatic rings. The normalized spacial score (nSPS) is 19.5. The van der Waals surface area contributed by atoms with Crippen molar-refractivity contribution < 1.29 is 4.79 Å². The van der Waals surface area contributed by atoms with Gasteiger partial charge in [0, 0.05) is 24.9 Å². The first-order chi connectivity index (χ1) is 10.2. The summed E-state index contributed by atoms with van der Waals surface area (Å²) >= 11 is 6.16. The molecule has 1 fully saturated rings. The molecule has 2 aromatic rings. The monoisotopic (exact) mass is 303 g/mol. The number of pyridine rings is 1. The minimum atomic E-state index is 0.0455. The third-order valence-corrected chi connectivity index (χ3v) is 4.27. The highest BCUT2D eigenvalue weighted by molar-refractivity contribution is 6.31. The molecule has 3 rings (SSSR count). The molecule has 0 spiro atoms. The van der Waals surface area contributed by atoms with Crippen LogP contribution >= 0.6 is 11.6 Å². The molecular weight excluding hydrogens is 286 g/mol. The minimum absolute atomic E-state index is 0.0455. The molecule has 2 aromatic heterocycles. The number of nitrogens with zero attached hydrogens (tertiary/aromatic N) is 3. The first-order valence-corrected chi connectivity index (χ1v) is 7.66. The maximum Gasteiger partial charge on any atom is 0.246 e. The highest BCUT2D eigenvalue weighted by Gasteiger charge is 2.21. The van der Waals surface area contributed by atoms with Gasteiger partial charge in [0.1, 0.15) is 5.65 Å². The molecule has 110 valence electrons. The largest absolute Gasteiger partial charge is 0.336 e. The van der Waals surface area contributed by atoms with E-state index in [0.29, 0.717) is 11.2 Å². The molecule has 4 nitrogen and oxygen atoms in total. The Kier molecular flexibility index (Phi) is 3.97. The number of carbonyl (C=O) groups excluding carboxylic acids is 1. The molecule has 5 heteroatoms. The van der Waals surface area contributed by atoms with Gasteiger partial charge in [-0.25, -0.2) is 4.98 Å². The van der Waals surface area contributed by atoms with Gasteiger partial charge in [-0.05, 0) is 44.4 Å². The lowest BCUT2D eigenvalue weighted by atomic mass is 10.0. The van der Waals surface area contributed by atoms with Gasteiger partial charge in [0.05, 0.1) is 5.69 Å². The van der Waals surface area contributed by atoms with Crippen LogP contribution in [0.5, 0.6) is 0 Å². The topological polar surface area (TPSA) is 37.6 Å². The number of hydrogen-bond donors (Lipinski definition) is 0. The van der Waals surface area contributed by atoms with Crippen LogP contribution < -0.4 is 0 Å². The van der Waals surface area contributed by atoms with Crippen molar-refractivity contribution >= 4 is 29.2 Å². The molecule has 0 aliphatic carbocycles. The average Bonchev–Trinajstić information content (AvgIpc) is 2.81. The highest BCUT2D eigenvalue weighted by atomic mass is 35.5. The van der Waals surface area contributed by atoms with Crippen LogP contribution in [-0.4, -0.2) is 32.8 Å². The predicted molar refractivity (Wildman–Crippen MR) is 84.3 cm³/mol. The summed E-state index contributed by atoms with van der Waals surface area (Å²) in [7, 11) is 0. The summed E-state index contributed by atoms with van der Waals surface area (Å²) < 4.78 is 1.88. The van der Waals surface area contributed by atoms with E-state index in [2.05, 4.69) is 11.9 Å². The van der Waals surface area contributed by atoms with E-state index in [1.807, 2.05) is 33.7 Å². The fourth-order valence-electron chi connectivity index (χ4n) is 2.81. The standard InChI is InChI=1S/C16H18ClN3O/c1-12-6-2-4-10-19(12)15(21)9-8-13-16(17)18-14-7-3-5-11-20(13)14/h3,5,7-9,11-12H,2,4,6,10H2,1H3/b9-8+. The Morgan fingerprint density at radius 3 is 3.10 bits per heavy atom. The zero-order valence-electron chi connectivity index (χ0n) is 12.0. The molecular formula is C16H18ClN3O. The summed E-state index contributed by atoms with van der Waals surface area (Å²) in [6.45, 7) is 2.94. The highest BCUT2D eigenvalue weighted by Crippen LogP contribution is 2.20. The number of rotatable bonds is 2. The van der Waals surface area contributed by atoms with Crippen LogP contribution in [0.15, 0.2) is 30.5 Å². The summed E-state index contributed by atoms with van der Waals surface area (Å²) in [5.41, 5.74) is 1.52. The van der Waals surface area contributed by atoms with E-state index >= 15 is 0 Å². The molecule has 0 radical (unpaired) electrons. The van der Waals surface area contributed by atoms with Crippen molar-refractivity contribution in [1.82, 2.24) is 14.3 Å². The van der Waals surface area contributed by atoms with Gasteiger partial charge in [0.2, 0.25) is 5.91 Å². The van der Waals surface area contributed by atoms with Gasteiger partial charge < -0.3 is 4.90 Å². The van der Waals surface area contributed by atoms with Crippen molar-refractivity contribution in [1.29, 1.82) is 0 Å². The quantitative estimate of drug-likeness (QED) is 0.797. The van der Waals surface area contributed by atoms with Crippen LogP contribution in [0, 0.1) is 0 Å². The first kappa shape index (κ1) is 14.1. The fourth-order valence-corrected chi connectivity index (χ4v) is 3.05. The van der Waals surface area contributed by atoms with E-state index < -0.39 is 0 Å². The molecule has 0 aromatic carbocycles. The Bertz CT molecular complexity index is 692. The van der Waals surface area contributed by atoms with Crippen molar-refractivity contribution in [3.8, 4) is 0 Å². The number of fused-ring (bicyclic) bond motifs is 1. The van der Waals surface area contributed by atoms with E-state index in [4.69, 9.17) is 11.6 Å². The molecule has 1 saturated heterocycles. The maximum atomic E-state index is 12.3. The third-order valence-electron chi connectivity index (χ3n) is 3.99. The van der Waals surface area contributed by atoms with Gasteiger partial charge in [-0.3, -0.25) is 9.20 Å². The molecule has 1 unspecified atom stereocenters. The Morgan fingerprint density at radius 2 is 2.29 bits per heavy atom. The minimum Gasteiger partial charge on any atom is -0.336 e. The summed E-state index contributed by atoms with van der Waals surface area (Å²) in [5.74, 6) is 0.0455. The van der Waals surface area contributed by atoms with Gasteiger partial charge in [-0.2, -0.15) is 0 Å². The molecule has 3 heterocycles. The number of aromatic nitrogens is 2. The van der Waals surface area contributed by atoms with Crippen LogP contribution in [-0.2, 0) is 4.79 Å². The molecule has 1 aliphatic heterocycles. The number of piperidine rings is 1. The Morgan fingerprint density at radius 1 is 1.43 bits per heavy atom. The molecule has 0 N–H and O–H groups in total. The molecule has 1 atom stereocenters. The number of imidazole rings is 1. The van der Waals surface area contributed by atoms with E-state index in [1.165, 1.54) is 6.42 Å². The van der Waals surface area contributed by atoms with Gasteiger partial charge in [0.25, 0.3) is 0 Å². The first-order valence-electron chi connectivity index (χ1n) is 7.28. The number of halogens is 1. The average molecular weight is 304 g/mol. The summed E-state index contributed by atoms with van der Waals surface area (Å²) in [6.07, 6.45) is 8.61. The van der Waals surface area contributed by atoms with E-state index in [0.717, 1.165) is 30.7 Å². The van der Waals surface area contributed by atoms with Crippen LogP contribution in [0.1, 0.15) is 31.9 Å². The van der Waals surface area contributed by atoms with Crippen molar-refractivity contribution in [2.45, 2.75) is 32.2 Å². The second kappa shape index (κ2) is 5.90. The third kappa shape index (κ3) is 2.81. The lowest BCUT2D eigenvalue weighted by molar-refractivity contribution is -0.129. The number of carbonyl (C=O) groups is 1.